The van der Waals surface area contributed by atoms with Gasteiger partial charge in [0, 0.05) is 10.0 Å². The molecule has 1 atom stereocenters. The van der Waals surface area contributed by atoms with Crippen LogP contribution >= 0.6 is 27.3 Å². The summed E-state index contributed by atoms with van der Waals surface area (Å²) in [6, 6.07) is 13.1. The summed E-state index contributed by atoms with van der Waals surface area (Å²) < 4.78 is 19.8. The van der Waals surface area contributed by atoms with Gasteiger partial charge < -0.3 is 14.2 Å². The van der Waals surface area contributed by atoms with E-state index in [0.29, 0.717) is 32.6 Å². The lowest BCUT2D eigenvalue weighted by Gasteiger charge is -2.24. The Labute approximate surface area is 177 Å². The van der Waals surface area contributed by atoms with E-state index in [2.05, 4.69) is 26.0 Å². The second-order valence-corrected chi connectivity index (χ2v) is 8.26. The third-order valence-corrected chi connectivity index (χ3v) is 5.93. The van der Waals surface area contributed by atoms with Gasteiger partial charge in [-0.25, -0.2) is 0 Å². The number of thiazole rings is 1. The average molecular weight is 472 g/mol. The summed E-state index contributed by atoms with van der Waals surface area (Å²) in [5, 5.41) is 4.37. The van der Waals surface area contributed by atoms with Crippen molar-refractivity contribution in [2.24, 2.45) is 0 Å². The lowest BCUT2D eigenvalue weighted by molar-refractivity contribution is 0.0852. The molecule has 0 bridgehead atoms. The molecule has 29 heavy (non-hydrogen) atoms. The van der Waals surface area contributed by atoms with Gasteiger partial charge in [-0.15, -0.1) is 5.10 Å². The number of para-hydroxylation sites is 2. The van der Waals surface area contributed by atoms with Crippen molar-refractivity contribution in [1.29, 1.82) is 0 Å². The molecule has 4 aromatic rings. The van der Waals surface area contributed by atoms with Crippen LogP contribution in [0.2, 0.25) is 0 Å². The van der Waals surface area contributed by atoms with Crippen molar-refractivity contribution in [1.82, 2.24) is 14.6 Å². The van der Waals surface area contributed by atoms with E-state index in [0.717, 1.165) is 10.0 Å². The van der Waals surface area contributed by atoms with E-state index in [9.17, 15) is 4.79 Å². The standard InChI is InChI=1S/C20H14BrN3O4S/c1-26-13-7-6-12(21)8-11(13)9-17-19(25)24-20(29-17)22-18(23-24)16-10-27-14-4-2-3-5-15(14)28-16/h2-9,16H,10H2,1H3/b17-9-. The number of nitrogens with zero attached hydrogens (tertiary/aromatic N) is 3. The smallest absolute Gasteiger partial charge is 0.291 e. The van der Waals surface area contributed by atoms with Crippen molar-refractivity contribution in [2.45, 2.75) is 6.10 Å². The number of hydrogen-bond donors (Lipinski definition) is 0. The van der Waals surface area contributed by atoms with Gasteiger partial charge in [-0.3, -0.25) is 4.79 Å². The first-order valence-electron chi connectivity index (χ1n) is 8.75. The van der Waals surface area contributed by atoms with Crippen LogP contribution in [0, 0.1) is 0 Å². The van der Waals surface area contributed by atoms with Crippen LogP contribution in [0.15, 0.2) is 51.7 Å². The van der Waals surface area contributed by atoms with Crippen molar-refractivity contribution >= 4 is 38.3 Å². The molecular weight excluding hydrogens is 458 g/mol. The molecule has 7 nitrogen and oxygen atoms in total. The third-order valence-electron chi connectivity index (χ3n) is 4.47. The molecule has 1 unspecified atom stereocenters. The number of benzene rings is 2. The molecule has 0 saturated carbocycles. The van der Waals surface area contributed by atoms with Crippen LogP contribution in [0.5, 0.6) is 17.2 Å². The number of rotatable bonds is 3. The maximum absolute atomic E-state index is 12.8. The normalized spacial score (nSPS) is 16.3. The molecule has 0 saturated heterocycles. The molecule has 1 aliphatic rings. The number of aromatic nitrogens is 3. The zero-order valence-corrected chi connectivity index (χ0v) is 17.6. The van der Waals surface area contributed by atoms with Crippen LogP contribution < -0.4 is 24.3 Å². The first kappa shape index (κ1) is 18.1. The number of methoxy groups -OCH3 is 1. The first-order chi connectivity index (χ1) is 14.1. The highest BCUT2D eigenvalue weighted by molar-refractivity contribution is 9.10. The summed E-state index contributed by atoms with van der Waals surface area (Å²) in [6.07, 6.45) is 1.32. The van der Waals surface area contributed by atoms with E-state index >= 15 is 0 Å². The van der Waals surface area contributed by atoms with E-state index in [-0.39, 0.29) is 12.2 Å². The fourth-order valence-electron chi connectivity index (χ4n) is 3.09. The average Bonchev–Trinajstić information content (AvgIpc) is 3.27. The molecule has 0 fully saturated rings. The van der Waals surface area contributed by atoms with Gasteiger partial charge >= 0.3 is 0 Å². The lowest BCUT2D eigenvalue weighted by atomic mass is 10.2. The number of halogens is 1. The number of fused-ring (bicyclic) bond motifs is 2. The summed E-state index contributed by atoms with van der Waals surface area (Å²) in [7, 11) is 1.60. The van der Waals surface area contributed by atoms with E-state index < -0.39 is 6.10 Å². The Bertz CT molecular complexity index is 1330. The van der Waals surface area contributed by atoms with Crippen LogP contribution in [-0.4, -0.2) is 28.3 Å². The Morgan fingerprint density at radius 3 is 2.90 bits per heavy atom. The molecule has 5 rings (SSSR count). The van der Waals surface area contributed by atoms with Gasteiger partial charge in [0.2, 0.25) is 4.96 Å². The Balaban J connectivity index is 1.52. The summed E-state index contributed by atoms with van der Waals surface area (Å²) in [6.45, 7) is 0.289. The van der Waals surface area contributed by atoms with Crippen molar-refractivity contribution < 1.29 is 14.2 Å². The van der Waals surface area contributed by atoms with E-state index in [4.69, 9.17) is 14.2 Å². The van der Waals surface area contributed by atoms with Gasteiger partial charge in [0.25, 0.3) is 5.56 Å². The Hall–Kier alpha value is -2.91. The summed E-state index contributed by atoms with van der Waals surface area (Å²) in [5.41, 5.74) is 0.562. The molecule has 2 aromatic carbocycles. The molecule has 1 aliphatic heterocycles. The van der Waals surface area contributed by atoms with Crippen LogP contribution in [0.1, 0.15) is 17.5 Å². The van der Waals surface area contributed by atoms with Crippen LogP contribution in [-0.2, 0) is 0 Å². The Morgan fingerprint density at radius 2 is 2.10 bits per heavy atom. The minimum absolute atomic E-state index is 0.233. The van der Waals surface area contributed by atoms with Crippen LogP contribution in [0.25, 0.3) is 11.0 Å². The van der Waals surface area contributed by atoms with E-state index in [1.165, 1.54) is 15.9 Å². The first-order valence-corrected chi connectivity index (χ1v) is 10.4. The van der Waals surface area contributed by atoms with Crippen molar-refractivity contribution in [3.05, 3.63) is 73.2 Å². The van der Waals surface area contributed by atoms with Gasteiger partial charge in [-0.2, -0.15) is 9.50 Å². The second kappa shape index (κ2) is 7.16. The second-order valence-electron chi connectivity index (χ2n) is 6.33. The zero-order valence-electron chi connectivity index (χ0n) is 15.2. The van der Waals surface area contributed by atoms with E-state index in [1.54, 1.807) is 13.2 Å². The predicted molar refractivity (Wildman–Crippen MR) is 112 cm³/mol. The van der Waals surface area contributed by atoms with Gasteiger partial charge in [-0.1, -0.05) is 39.4 Å². The fraction of sp³-hybridized carbons (Fsp3) is 0.150. The highest BCUT2D eigenvalue weighted by Gasteiger charge is 2.27. The zero-order chi connectivity index (χ0) is 20.0. The van der Waals surface area contributed by atoms with Crippen LogP contribution in [0.3, 0.4) is 0 Å². The van der Waals surface area contributed by atoms with Crippen molar-refractivity contribution in [3.63, 3.8) is 0 Å². The maximum Gasteiger partial charge on any atom is 0.291 e. The molecule has 0 spiro atoms. The molecule has 2 aromatic heterocycles. The monoisotopic (exact) mass is 471 g/mol. The van der Waals surface area contributed by atoms with E-state index in [1.807, 2.05) is 42.5 Å². The fourth-order valence-corrected chi connectivity index (χ4v) is 4.38. The number of ether oxygens (including phenoxy) is 3. The molecule has 3 heterocycles. The predicted octanol–water partition coefficient (Wildman–Crippen LogP) is 2.98. The highest BCUT2D eigenvalue weighted by Crippen LogP contribution is 2.35. The van der Waals surface area contributed by atoms with Gasteiger partial charge in [-0.05, 0) is 36.4 Å². The van der Waals surface area contributed by atoms with Crippen LogP contribution in [0.4, 0.5) is 0 Å². The lowest BCUT2D eigenvalue weighted by Crippen LogP contribution is -2.26. The van der Waals surface area contributed by atoms with Gasteiger partial charge in [0.15, 0.2) is 23.4 Å². The molecule has 146 valence electrons. The van der Waals surface area contributed by atoms with Gasteiger partial charge in [0.1, 0.15) is 12.4 Å². The largest absolute Gasteiger partial charge is 0.496 e. The topological polar surface area (TPSA) is 74.9 Å². The minimum Gasteiger partial charge on any atom is -0.496 e. The SMILES string of the molecule is COc1ccc(Br)cc1/C=c1\sc2nc(C3COc4ccccc4O3)nn2c1=O. The Kier molecular flexibility index (Phi) is 4.48. The molecule has 9 heteroatoms. The summed E-state index contributed by atoms with van der Waals surface area (Å²) in [5.74, 6) is 2.43. The number of hydrogen-bond acceptors (Lipinski definition) is 7. The Morgan fingerprint density at radius 1 is 1.28 bits per heavy atom. The quantitative estimate of drug-likeness (QED) is 0.457. The highest BCUT2D eigenvalue weighted by atomic mass is 79.9. The maximum atomic E-state index is 12.8. The molecule has 0 amide bonds. The summed E-state index contributed by atoms with van der Waals surface area (Å²) >= 11 is 4.71. The molecular formula is C20H14BrN3O4S. The third kappa shape index (κ3) is 3.26. The molecule has 0 N–H and O–H groups in total. The minimum atomic E-state index is -0.464. The molecule has 0 aliphatic carbocycles. The van der Waals surface area contributed by atoms with Gasteiger partial charge in [0.05, 0.1) is 11.6 Å². The van der Waals surface area contributed by atoms with Crippen molar-refractivity contribution in [3.8, 4) is 17.2 Å². The summed E-state index contributed by atoms with van der Waals surface area (Å²) in [4.78, 5) is 17.8. The molecule has 0 radical (unpaired) electrons. The van der Waals surface area contributed by atoms with Crippen molar-refractivity contribution in [2.75, 3.05) is 13.7 Å².